The highest BCUT2D eigenvalue weighted by Gasteiger charge is 2.26. The Morgan fingerprint density at radius 2 is 2.04 bits per heavy atom. The molecule has 0 unspecified atom stereocenters. The van der Waals surface area contributed by atoms with E-state index in [1.165, 1.54) is 17.6 Å². The molecule has 28 heavy (non-hydrogen) atoms. The van der Waals surface area contributed by atoms with Gasteiger partial charge in [-0.05, 0) is 61.1 Å². The number of piperidine rings is 1. The van der Waals surface area contributed by atoms with Crippen molar-refractivity contribution in [1.82, 2.24) is 4.37 Å². The average Bonchev–Trinajstić information content (AvgIpc) is 3.15. The summed E-state index contributed by atoms with van der Waals surface area (Å²) in [5, 5.41) is 1.09. The van der Waals surface area contributed by atoms with Crippen molar-refractivity contribution in [1.29, 1.82) is 0 Å². The zero-order chi connectivity index (χ0) is 19.5. The minimum Gasteiger partial charge on any atom is -0.491 e. The van der Waals surface area contributed by atoms with Crippen molar-refractivity contribution in [3.8, 4) is 11.5 Å². The first-order valence-corrected chi connectivity index (χ1v) is 10.6. The van der Waals surface area contributed by atoms with Gasteiger partial charge in [0.2, 0.25) is 0 Å². The van der Waals surface area contributed by atoms with E-state index in [1.54, 1.807) is 13.2 Å². The summed E-state index contributed by atoms with van der Waals surface area (Å²) in [5.41, 5.74) is 2.20. The Morgan fingerprint density at radius 3 is 2.79 bits per heavy atom. The Labute approximate surface area is 169 Å². The van der Waals surface area contributed by atoms with Crippen LogP contribution < -0.4 is 14.4 Å². The summed E-state index contributed by atoms with van der Waals surface area (Å²) in [6.45, 7) is 4.63. The summed E-state index contributed by atoms with van der Waals surface area (Å²) in [6.07, 6.45) is 2.99. The van der Waals surface area contributed by atoms with Gasteiger partial charge in [-0.1, -0.05) is 13.0 Å². The van der Waals surface area contributed by atoms with Crippen molar-refractivity contribution in [3.05, 3.63) is 47.9 Å². The fourth-order valence-corrected chi connectivity index (χ4v) is 4.78. The number of hydrogen-bond acceptors (Lipinski definition) is 5. The van der Waals surface area contributed by atoms with Crippen molar-refractivity contribution < 1.29 is 13.9 Å². The molecule has 1 aromatic heterocycles. The third-order valence-corrected chi connectivity index (χ3v) is 6.13. The van der Waals surface area contributed by atoms with Crippen LogP contribution in [0.15, 0.2) is 36.4 Å². The van der Waals surface area contributed by atoms with Crippen LogP contribution in [-0.4, -0.2) is 31.2 Å². The molecule has 0 spiro atoms. The van der Waals surface area contributed by atoms with Gasteiger partial charge in [-0.3, -0.25) is 0 Å². The summed E-state index contributed by atoms with van der Waals surface area (Å²) in [4.78, 5) is 2.36. The van der Waals surface area contributed by atoms with Crippen LogP contribution in [0.5, 0.6) is 11.5 Å². The summed E-state index contributed by atoms with van der Waals surface area (Å²) in [7, 11) is 1.70. The SMILES string of the molecule is CCCOc1cccc(N2CCC(c3nsc4cc(F)ccc34)CC2)c1OC. The monoisotopic (exact) mass is 400 g/mol. The summed E-state index contributed by atoms with van der Waals surface area (Å²) < 4.78 is 30.6. The fourth-order valence-electron chi connectivity index (χ4n) is 3.90. The van der Waals surface area contributed by atoms with Crippen molar-refractivity contribution in [2.45, 2.75) is 32.1 Å². The highest BCUT2D eigenvalue weighted by Crippen LogP contribution is 2.41. The Kier molecular flexibility index (Phi) is 5.67. The van der Waals surface area contributed by atoms with E-state index in [0.717, 1.165) is 65.3 Å². The maximum atomic E-state index is 13.5. The first-order chi connectivity index (χ1) is 13.7. The summed E-state index contributed by atoms with van der Waals surface area (Å²) in [5.74, 6) is 1.82. The Morgan fingerprint density at radius 1 is 1.21 bits per heavy atom. The van der Waals surface area contributed by atoms with E-state index in [1.807, 2.05) is 18.2 Å². The van der Waals surface area contributed by atoms with E-state index in [0.29, 0.717) is 12.5 Å². The molecule has 0 bridgehead atoms. The molecule has 1 saturated heterocycles. The molecule has 0 N–H and O–H groups in total. The van der Waals surface area contributed by atoms with Gasteiger partial charge in [0.1, 0.15) is 5.82 Å². The quantitative estimate of drug-likeness (QED) is 0.538. The second kappa shape index (κ2) is 8.35. The number of para-hydroxylation sites is 1. The normalized spacial score (nSPS) is 15.2. The third-order valence-electron chi connectivity index (χ3n) is 5.31. The lowest BCUT2D eigenvalue weighted by Crippen LogP contribution is -2.33. The Hall–Kier alpha value is -2.34. The van der Waals surface area contributed by atoms with Gasteiger partial charge >= 0.3 is 0 Å². The van der Waals surface area contributed by atoms with Crippen LogP contribution in [0.2, 0.25) is 0 Å². The van der Waals surface area contributed by atoms with Crippen LogP contribution in [0.3, 0.4) is 0 Å². The lowest BCUT2D eigenvalue weighted by Gasteiger charge is -2.34. The number of benzene rings is 2. The maximum absolute atomic E-state index is 13.5. The minimum atomic E-state index is -0.199. The topological polar surface area (TPSA) is 34.6 Å². The second-order valence-corrected chi connectivity index (χ2v) is 7.93. The van der Waals surface area contributed by atoms with Gasteiger partial charge in [0.25, 0.3) is 0 Å². The van der Waals surface area contributed by atoms with Crippen LogP contribution >= 0.6 is 11.5 Å². The number of halogens is 1. The Balaban J connectivity index is 1.51. The molecule has 2 aromatic carbocycles. The van der Waals surface area contributed by atoms with E-state index >= 15 is 0 Å². The zero-order valence-electron chi connectivity index (χ0n) is 16.3. The van der Waals surface area contributed by atoms with Crippen molar-refractivity contribution in [3.63, 3.8) is 0 Å². The van der Waals surface area contributed by atoms with Gasteiger partial charge < -0.3 is 14.4 Å². The number of methoxy groups -OCH3 is 1. The predicted octanol–water partition coefficient (Wildman–Crippen LogP) is 5.62. The molecule has 1 fully saturated rings. The number of aromatic nitrogens is 1. The van der Waals surface area contributed by atoms with E-state index in [-0.39, 0.29) is 5.82 Å². The molecule has 2 heterocycles. The average molecular weight is 401 g/mol. The number of anilines is 1. The molecular formula is C22H25FN2O2S. The van der Waals surface area contributed by atoms with Crippen LogP contribution in [0.4, 0.5) is 10.1 Å². The zero-order valence-corrected chi connectivity index (χ0v) is 17.1. The van der Waals surface area contributed by atoms with Gasteiger partial charge in [-0.15, -0.1) is 0 Å². The number of rotatable bonds is 6. The molecule has 1 aliphatic rings. The van der Waals surface area contributed by atoms with E-state index in [2.05, 4.69) is 22.3 Å². The summed E-state index contributed by atoms with van der Waals surface area (Å²) in [6, 6.07) is 11.1. The molecule has 0 radical (unpaired) electrons. The smallest absolute Gasteiger partial charge is 0.184 e. The predicted molar refractivity (Wildman–Crippen MR) is 113 cm³/mol. The standard InChI is InChI=1S/C22H25FN2O2S/c1-3-13-27-19-6-4-5-18(22(19)26-2)25-11-9-15(10-12-25)21-17-8-7-16(23)14-20(17)28-24-21/h4-8,14-15H,3,9-13H2,1-2H3. The molecule has 6 heteroatoms. The number of ether oxygens (including phenoxy) is 2. The molecule has 0 atom stereocenters. The van der Waals surface area contributed by atoms with E-state index in [9.17, 15) is 4.39 Å². The van der Waals surface area contributed by atoms with Crippen molar-refractivity contribution in [2.24, 2.45) is 0 Å². The molecular weight excluding hydrogens is 375 g/mol. The van der Waals surface area contributed by atoms with Crippen LogP contribution in [-0.2, 0) is 0 Å². The fraction of sp³-hybridized carbons (Fsp3) is 0.409. The molecule has 1 aliphatic heterocycles. The first kappa shape index (κ1) is 19.0. The lowest BCUT2D eigenvalue weighted by atomic mass is 9.91. The van der Waals surface area contributed by atoms with Gasteiger partial charge in [-0.2, -0.15) is 4.37 Å². The van der Waals surface area contributed by atoms with Gasteiger partial charge in [-0.25, -0.2) is 4.39 Å². The molecule has 0 aliphatic carbocycles. The second-order valence-electron chi connectivity index (χ2n) is 7.13. The number of nitrogens with zero attached hydrogens (tertiary/aromatic N) is 2. The largest absolute Gasteiger partial charge is 0.491 e. The van der Waals surface area contributed by atoms with Gasteiger partial charge in [0.05, 0.1) is 29.8 Å². The van der Waals surface area contributed by atoms with Crippen LogP contribution in [0.1, 0.15) is 37.8 Å². The van der Waals surface area contributed by atoms with Gasteiger partial charge in [0.15, 0.2) is 11.5 Å². The Bertz CT molecular complexity index is 951. The highest BCUT2D eigenvalue weighted by molar-refractivity contribution is 7.13. The van der Waals surface area contributed by atoms with Crippen LogP contribution in [0.25, 0.3) is 10.1 Å². The van der Waals surface area contributed by atoms with E-state index < -0.39 is 0 Å². The maximum Gasteiger partial charge on any atom is 0.184 e. The number of hydrogen-bond donors (Lipinski definition) is 0. The third kappa shape index (κ3) is 3.65. The highest BCUT2D eigenvalue weighted by atomic mass is 32.1. The van der Waals surface area contributed by atoms with E-state index in [4.69, 9.17) is 9.47 Å². The van der Waals surface area contributed by atoms with Crippen molar-refractivity contribution in [2.75, 3.05) is 31.7 Å². The minimum absolute atomic E-state index is 0.199. The molecule has 0 amide bonds. The molecule has 148 valence electrons. The molecule has 4 nitrogen and oxygen atoms in total. The van der Waals surface area contributed by atoms with Gasteiger partial charge in [0, 0.05) is 24.4 Å². The summed E-state index contributed by atoms with van der Waals surface area (Å²) >= 11 is 1.39. The first-order valence-electron chi connectivity index (χ1n) is 9.80. The van der Waals surface area contributed by atoms with Crippen molar-refractivity contribution >= 4 is 27.3 Å². The lowest BCUT2D eigenvalue weighted by molar-refractivity contribution is 0.294. The number of fused-ring (bicyclic) bond motifs is 1. The molecule has 3 aromatic rings. The molecule has 0 saturated carbocycles. The van der Waals surface area contributed by atoms with Crippen LogP contribution in [0, 0.1) is 5.82 Å². The molecule has 4 rings (SSSR count).